The topological polar surface area (TPSA) is 51.8 Å². The summed E-state index contributed by atoms with van der Waals surface area (Å²) in [5.41, 5.74) is 4.40. The quantitative estimate of drug-likeness (QED) is 0.745. The van der Waals surface area contributed by atoms with Gasteiger partial charge in [0.1, 0.15) is 11.6 Å². The molecule has 0 N–H and O–H groups in total. The van der Waals surface area contributed by atoms with E-state index in [-0.39, 0.29) is 10.8 Å². The minimum atomic E-state index is 0.0849. The van der Waals surface area contributed by atoms with Crippen LogP contribution in [0, 0.1) is 12.3 Å². The lowest BCUT2D eigenvalue weighted by Crippen LogP contribution is -2.47. The molecular formula is C17H19N3O. The van der Waals surface area contributed by atoms with Gasteiger partial charge in [-0.3, -0.25) is 0 Å². The molecule has 0 radical (unpaired) electrons. The molecule has 0 aliphatic heterocycles. The highest BCUT2D eigenvalue weighted by Gasteiger charge is 2.78. The van der Waals surface area contributed by atoms with Crippen LogP contribution in [0.3, 0.4) is 0 Å². The number of aryl methyl sites for hydroxylation is 2. The lowest BCUT2D eigenvalue weighted by atomic mass is 9.56. The zero-order valence-corrected chi connectivity index (χ0v) is 12.7. The summed E-state index contributed by atoms with van der Waals surface area (Å²) in [6.07, 6.45) is 8.44. The molecule has 4 nitrogen and oxygen atoms in total. The number of hydrogen-bond donors (Lipinski definition) is 0. The second-order valence-corrected chi connectivity index (χ2v) is 7.57. The van der Waals surface area contributed by atoms with Crippen LogP contribution in [0.1, 0.15) is 55.1 Å². The minimum Gasteiger partial charge on any atom is -0.361 e. The number of aromatic nitrogens is 3. The summed E-state index contributed by atoms with van der Waals surface area (Å²) in [7, 11) is 0. The molecule has 5 rings (SSSR count). The van der Waals surface area contributed by atoms with Crippen LogP contribution in [0.25, 0.3) is 0 Å². The second kappa shape index (κ2) is 3.21. The van der Waals surface area contributed by atoms with Gasteiger partial charge in [0.2, 0.25) is 0 Å². The Bertz CT molecular complexity index is 782. The lowest BCUT2D eigenvalue weighted by molar-refractivity contribution is 0.158. The zero-order valence-electron chi connectivity index (χ0n) is 12.7. The molecule has 0 aromatic carbocycles. The number of rotatable bonds is 0. The van der Waals surface area contributed by atoms with Crippen LogP contribution in [0.2, 0.25) is 0 Å². The molecule has 3 atom stereocenters. The molecule has 1 fully saturated rings. The summed E-state index contributed by atoms with van der Waals surface area (Å²) in [5, 5.41) is 4.08. The van der Waals surface area contributed by atoms with E-state index in [4.69, 9.17) is 9.51 Å². The van der Waals surface area contributed by atoms with E-state index in [1.54, 1.807) is 0 Å². The predicted molar refractivity (Wildman–Crippen MR) is 77.1 cm³/mol. The van der Waals surface area contributed by atoms with Crippen LogP contribution >= 0.6 is 0 Å². The van der Waals surface area contributed by atoms with E-state index in [9.17, 15) is 0 Å². The maximum absolute atomic E-state index is 5.63. The largest absolute Gasteiger partial charge is 0.361 e. The molecule has 2 aromatic heterocycles. The third-order valence-corrected chi connectivity index (χ3v) is 6.66. The highest BCUT2D eigenvalue weighted by Crippen LogP contribution is 2.78. The maximum atomic E-state index is 5.63. The van der Waals surface area contributed by atoms with Gasteiger partial charge in [-0.05, 0) is 43.6 Å². The maximum Gasteiger partial charge on any atom is 0.146 e. The Kier molecular flexibility index (Phi) is 1.82. The molecule has 1 spiro atoms. The van der Waals surface area contributed by atoms with Crippen molar-refractivity contribution in [3.63, 3.8) is 0 Å². The van der Waals surface area contributed by atoms with Crippen molar-refractivity contribution in [1.29, 1.82) is 0 Å². The van der Waals surface area contributed by atoms with E-state index in [2.05, 4.69) is 24.0 Å². The molecule has 0 saturated heterocycles. The summed E-state index contributed by atoms with van der Waals surface area (Å²) in [6.45, 7) is 6.75. The highest BCUT2D eigenvalue weighted by molar-refractivity contribution is 5.51. The van der Waals surface area contributed by atoms with E-state index < -0.39 is 0 Å². The van der Waals surface area contributed by atoms with Crippen molar-refractivity contribution >= 4 is 0 Å². The second-order valence-electron chi connectivity index (χ2n) is 7.57. The van der Waals surface area contributed by atoms with Crippen LogP contribution in [0.15, 0.2) is 16.9 Å². The van der Waals surface area contributed by atoms with E-state index in [1.165, 1.54) is 29.7 Å². The standard InChI is InChI=1S/C17H19N3O/c1-10-18-7-11-4-5-17-9-16(17,3)14-12(8-19-21-14)6-15(17,2)13(11)20-10/h7-8H,4-6,9H2,1-3H3/t15-,16?,17+/m1/s1. The molecule has 1 unspecified atom stereocenters. The first-order chi connectivity index (χ1) is 10.0. The fourth-order valence-corrected chi connectivity index (χ4v) is 5.51. The smallest absolute Gasteiger partial charge is 0.146 e. The van der Waals surface area contributed by atoms with Crippen LogP contribution in [-0.2, 0) is 23.7 Å². The van der Waals surface area contributed by atoms with Crippen molar-refractivity contribution in [2.75, 3.05) is 0 Å². The summed E-state index contributed by atoms with van der Waals surface area (Å²) in [5.74, 6) is 2.01. The Hall–Kier alpha value is -1.71. The Morgan fingerprint density at radius 2 is 2.00 bits per heavy atom. The summed E-state index contributed by atoms with van der Waals surface area (Å²) >= 11 is 0. The van der Waals surface area contributed by atoms with Crippen LogP contribution < -0.4 is 0 Å². The minimum absolute atomic E-state index is 0.0849. The van der Waals surface area contributed by atoms with Gasteiger partial charge in [0.05, 0.1) is 11.9 Å². The fraction of sp³-hybridized carbons (Fsp3) is 0.588. The van der Waals surface area contributed by atoms with E-state index in [0.717, 1.165) is 24.4 Å². The van der Waals surface area contributed by atoms with Crippen molar-refractivity contribution in [2.45, 2.75) is 57.3 Å². The highest BCUT2D eigenvalue weighted by atomic mass is 16.5. The van der Waals surface area contributed by atoms with Crippen LogP contribution in [-0.4, -0.2) is 15.1 Å². The van der Waals surface area contributed by atoms with Crippen molar-refractivity contribution < 1.29 is 4.52 Å². The monoisotopic (exact) mass is 281 g/mol. The summed E-state index contributed by atoms with van der Waals surface area (Å²) in [6, 6.07) is 0. The molecule has 1 saturated carbocycles. The van der Waals surface area contributed by atoms with Crippen molar-refractivity contribution in [3.8, 4) is 0 Å². The van der Waals surface area contributed by atoms with E-state index in [0.29, 0.717) is 5.41 Å². The van der Waals surface area contributed by atoms with Gasteiger partial charge in [0.15, 0.2) is 0 Å². The first-order valence-electron chi connectivity index (χ1n) is 7.77. The predicted octanol–water partition coefficient (Wildman–Crippen LogP) is 2.88. The molecule has 0 amide bonds. The average molecular weight is 281 g/mol. The zero-order chi connectivity index (χ0) is 14.5. The normalized spacial score (nSPS) is 39.0. The SMILES string of the molecule is Cc1ncc2c(n1)[C@@]1(C)Cc3cnoc3C3(C)C[C@]31CC2. The van der Waals surface area contributed by atoms with Gasteiger partial charge < -0.3 is 4.52 Å². The summed E-state index contributed by atoms with van der Waals surface area (Å²) < 4.78 is 5.63. The van der Waals surface area contributed by atoms with Gasteiger partial charge in [0.25, 0.3) is 0 Å². The molecule has 4 heteroatoms. The first kappa shape index (κ1) is 11.9. The van der Waals surface area contributed by atoms with Gasteiger partial charge in [-0.1, -0.05) is 19.0 Å². The van der Waals surface area contributed by atoms with Crippen LogP contribution in [0.5, 0.6) is 0 Å². The third-order valence-electron chi connectivity index (χ3n) is 6.66. The van der Waals surface area contributed by atoms with Crippen molar-refractivity contribution in [1.82, 2.24) is 15.1 Å². The molecule has 0 bridgehead atoms. The number of fused-ring (bicyclic) bond motifs is 4. The molecule has 21 heavy (non-hydrogen) atoms. The molecule has 2 aromatic rings. The van der Waals surface area contributed by atoms with Crippen molar-refractivity contribution in [3.05, 3.63) is 40.8 Å². The lowest BCUT2D eigenvalue weighted by Gasteiger charge is -2.47. The molecule has 108 valence electrons. The number of hydrogen-bond acceptors (Lipinski definition) is 4. The van der Waals surface area contributed by atoms with Gasteiger partial charge >= 0.3 is 0 Å². The molecule has 2 heterocycles. The Morgan fingerprint density at radius 3 is 2.86 bits per heavy atom. The average Bonchev–Trinajstić information content (AvgIpc) is 2.83. The Balaban J connectivity index is 1.80. The van der Waals surface area contributed by atoms with E-state index in [1.807, 2.05) is 19.3 Å². The third kappa shape index (κ3) is 1.10. The summed E-state index contributed by atoms with van der Waals surface area (Å²) in [4.78, 5) is 9.28. The van der Waals surface area contributed by atoms with Crippen LogP contribution in [0.4, 0.5) is 0 Å². The van der Waals surface area contributed by atoms with E-state index >= 15 is 0 Å². The van der Waals surface area contributed by atoms with Gasteiger partial charge in [-0.2, -0.15) is 0 Å². The molecule has 3 aliphatic carbocycles. The number of nitrogens with zero attached hydrogens (tertiary/aromatic N) is 3. The first-order valence-corrected chi connectivity index (χ1v) is 7.77. The fourth-order valence-electron chi connectivity index (χ4n) is 5.51. The Morgan fingerprint density at radius 1 is 1.14 bits per heavy atom. The Labute approximate surface area is 124 Å². The van der Waals surface area contributed by atoms with Crippen molar-refractivity contribution in [2.24, 2.45) is 5.41 Å². The molecular weight excluding hydrogens is 262 g/mol. The van der Waals surface area contributed by atoms with Gasteiger partial charge in [-0.15, -0.1) is 0 Å². The molecule has 3 aliphatic rings. The van der Waals surface area contributed by atoms with Gasteiger partial charge in [-0.25, -0.2) is 9.97 Å². The van der Waals surface area contributed by atoms with Gasteiger partial charge in [0, 0.05) is 22.6 Å².